The number of rotatable bonds is 6. The molecule has 0 saturated heterocycles. The second-order valence-corrected chi connectivity index (χ2v) is 6.54. The highest BCUT2D eigenvalue weighted by Gasteiger charge is 2.19. The lowest BCUT2D eigenvalue weighted by atomic mass is 10.0. The maximum absolute atomic E-state index is 12.4. The maximum atomic E-state index is 12.4. The topological polar surface area (TPSA) is 71.1 Å². The molecule has 0 aliphatic heterocycles. The monoisotopic (exact) mass is 353 g/mol. The first-order valence-corrected chi connectivity index (χ1v) is 8.95. The minimum absolute atomic E-state index is 0.174. The number of nitrogens with zero attached hydrogens (tertiary/aromatic N) is 1. The molecule has 26 heavy (non-hydrogen) atoms. The third kappa shape index (κ3) is 4.48. The summed E-state index contributed by atoms with van der Waals surface area (Å²) in [5, 5.41) is 5.39. The summed E-state index contributed by atoms with van der Waals surface area (Å²) < 4.78 is 0. The zero-order valence-electron chi connectivity index (χ0n) is 16.1. The second kappa shape index (κ2) is 8.61. The Hall–Kier alpha value is -2.69. The smallest absolute Gasteiger partial charge is 0.251 e. The van der Waals surface area contributed by atoms with Gasteiger partial charge in [0.15, 0.2) is 0 Å². The summed E-state index contributed by atoms with van der Waals surface area (Å²) in [7, 11) is 1.57. The van der Waals surface area contributed by atoms with Gasteiger partial charge in [-0.1, -0.05) is 25.5 Å². The van der Waals surface area contributed by atoms with Gasteiger partial charge in [-0.15, -0.1) is 0 Å². The quantitative estimate of drug-likeness (QED) is 0.837. The van der Waals surface area contributed by atoms with Crippen molar-refractivity contribution in [1.82, 2.24) is 15.6 Å². The van der Waals surface area contributed by atoms with Gasteiger partial charge in [-0.2, -0.15) is 0 Å². The van der Waals surface area contributed by atoms with Crippen LogP contribution in [0.25, 0.3) is 11.3 Å². The number of aryl methyl sites for hydroxylation is 2. The van der Waals surface area contributed by atoms with Crippen molar-refractivity contribution in [3.8, 4) is 11.3 Å². The molecular weight excluding hydrogens is 326 g/mol. The van der Waals surface area contributed by atoms with E-state index in [1.807, 2.05) is 26.0 Å². The Bertz CT molecular complexity index is 774. The standard InChI is InChI=1S/C21H27N3O2/c1-6-7-18(21(26)22-5)24-20(25)17-10-8-16(9-11-17)19-12-13(2)14(3)15(4)23-19/h8-12,18H,6-7H2,1-5H3,(H,22,26)(H,24,25)/t18-/m0/s1. The van der Waals surface area contributed by atoms with Gasteiger partial charge < -0.3 is 10.6 Å². The molecule has 1 atom stereocenters. The zero-order valence-corrected chi connectivity index (χ0v) is 16.1. The Morgan fingerprint density at radius 2 is 1.77 bits per heavy atom. The summed E-state index contributed by atoms with van der Waals surface area (Å²) in [5.41, 5.74) is 5.79. The van der Waals surface area contributed by atoms with E-state index in [4.69, 9.17) is 0 Å². The summed E-state index contributed by atoms with van der Waals surface area (Å²) in [5.74, 6) is -0.422. The fraction of sp³-hybridized carbons (Fsp3) is 0.381. The van der Waals surface area contributed by atoms with E-state index >= 15 is 0 Å². The highest BCUT2D eigenvalue weighted by molar-refractivity contribution is 5.97. The van der Waals surface area contributed by atoms with E-state index in [9.17, 15) is 9.59 Å². The van der Waals surface area contributed by atoms with Gasteiger partial charge in [0, 0.05) is 23.9 Å². The maximum Gasteiger partial charge on any atom is 0.251 e. The van der Waals surface area contributed by atoms with Crippen LogP contribution in [0.15, 0.2) is 30.3 Å². The van der Waals surface area contributed by atoms with Crippen molar-refractivity contribution >= 4 is 11.8 Å². The van der Waals surface area contributed by atoms with Crippen molar-refractivity contribution < 1.29 is 9.59 Å². The van der Waals surface area contributed by atoms with Gasteiger partial charge in [0.25, 0.3) is 5.91 Å². The number of likely N-dealkylation sites (N-methyl/N-ethyl adjacent to an activating group) is 1. The number of amides is 2. The average molecular weight is 353 g/mol. The van der Waals surface area contributed by atoms with Gasteiger partial charge in [0.1, 0.15) is 6.04 Å². The SMILES string of the molecule is CCC[C@H](NC(=O)c1ccc(-c2cc(C)c(C)c(C)n2)cc1)C(=O)NC. The van der Waals surface area contributed by atoms with E-state index in [1.165, 1.54) is 11.1 Å². The van der Waals surface area contributed by atoms with Gasteiger partial charge in [-0.3, -0.25) is 14.6 Å². The minimum atomic E-state index is -0.513. The normalized spacial score (nSPS) is 11.7. The fourth-order valence-corrected chi connectivity index (χ4v) is 2.81. The first-order valence-electron chi connectivity index (χ1n) is 8.95. The van der Waals surface area contributed by atoms with Crippen LogP contribution < -0.4 is 10.6 Å². The number of aromatic nitrogens is 1. The van der Waals surface area contributed by atoms with Gasteiger partial charge in [-0.05, 0) is 56.5 Å². The molecule has 2 amide bonds. The van der Waals surface area contributed by atoms with Crippen LogP contribution in [0.1, 0.15) is 46.9 Å². The van der Waals surface area contributed by atoms with Crippen LogP contribution in [0.3, 0.4) is 0 Å². The molecule has 2 N–H and O–H groups in total. The van der Waals surface area contributed by atoms with E-state index in [0.717, 1.165) is 23.4 Å². The Morgan fingerprint density at radius 1 is 1.12 bits per heavy atom. The van der Waals surface area contributed by atoms with Crippen LogP contribution in [-0.2, 0) is 4.79 Å². The molecule has 0 aliphatic rings. The highest BCUT2D eigenvalue weighted by Crippen LogP contribution is 2.22. The van der Waals surface area contributed by atoms with Crippen molar-refractivity contribution in [3.63, 3.8) is 0 Å². The highest BCUT2D eigenvalue weighted by atomic mass is 16.2. The number of benzene rings is 1. The molecule has 0 spiro atoms. The Labute approximate surface area is 155 Å². The number of hydrogen-bond acceptors (Lipinski definition) is 3. The summed E-state index contributed by atoms with van der Waals surface area (Å²) in [4.78, 5) is 28.9. The van der Waals surface area contributed by atoms with Crippen LogP contribution in [0.2, 0.25) is 0 Å². The minimum Gasteiger partial charge on any atom is -0.357 e. The summed E-state index contributed by atoms with van der Waals surface area (Å²) in [6.45, 7) is 8.12. The molecule has 0 bridgehead atoms. The summed E-state index contributed by atoms with van der Waals surface area (Å²) >= 11 is 0. The lowest BCUT2D eigenvalue weighted by molar-refractivity contribution is -0.122. The third-order valence-electron chi connectivity index (χ3n) is 4.66. The molecule has 0 unspecified atom stereocenters. The van der Waals surface area contributed by atoms with Gasteiger partial charge in [0.2, 0.25) is 5.91 Å². The first kappa shape index (κ1) is 19.6. The summed E-state index contributed by atoms with van der Waals surface area (Å²) in [6.07, 6.45) is 1.42. The predicted octanol–water partition coefficient (Wildman–Crippen LogP) is 3.32. The van der Waals surface area contributed by atoms with Crippen molar-refractivity contribution in [2.45, 2.75) is 46.6 Å². The molecule has 1 aromatic carbocycles. The lowest BCUT2D eigenvalue weighted by Gasteiger charge is -2.16. The number of carbonyl (C=O) groups excluding carboxylic acids is 2. The summed E-state index contributed by atoms with van der Waals surface area (Å²) in [6, 6.07) is 8.86. The first-order chi connectivity index (χ1) is 12.4. The van der Waals surface area contributed by atoms with Crippen LogP contribution in [0.4, 0.5) is 0 Å². The molecule has 2 rings (SSSR count). The van der Waals surface area contributed by atoms with Crippen LogP contribution in [-0.4, -0.2) is 29.9 Å². The van der Waals surface area contributed by atoms with Crippen molar-refractivity contribution in [2.75, 3.05) is 7.05 Å². The van der Waals surface area contributed by atoms with E-state index in [1.54, 1.807) is 19.2 Å². The van der Waals surface area contributed by atoms with E-state index in [0.29, 0.717) is 12.0 Å². The lowest BCUT2D eigenvalue weighted by Crippen LogP contribution is -2.45. The number of pyridine rings is 1. The van der Waals surface area contributed by atoms with Gasteiger partial charge in [-0.25, -0.2) is 0 Å². The molecule has 138 valence electrons. The molecule has 0 saturated carbocycles. The molecule has 0 aliphatic carbocycles. The molecule has 5 nitrogen and oxygen atoms in total. The van der Waals surface area contributed by atoms with Crippen molar-refractivity contribution in [1.29, 1.82) is 0 Å². The Morgan fingerprint density at radius 3 is 2.31 bits per heavy atom. The molecule has 0 fully saturated rings. The predicted molar refractivity (Wildman–Crippen MR) is 104 cm³/mol. The van der Waals surface area contributed by atoms with E-state index in [2.05, 4.69) is 35.5 Å². The van der Waals surface area contributed by atoms with E-state index in [-0.39, 0.29) is 11.8 Å². The molecular formula is C21H27N3O2. The Kier molecular flexibility index (Phi) is 6.50. The second-order valence-electron chi connectivity index (χ2n) is 6.54. The molecule has 5 heteroatoms. The average Bonchev–Trinajstić information content (AvgIpc) is 2.64. The van der Waals surface area contributed by atoms with Gasteiger partial charge in [0.05, 0.1) is 5.69 Å². The van der Waals surface area contributed by atoms with Crippen LogP contribution in [0.5, 0.6) is 0 Å². The third-order valence-corrected chi connectivity index (χ3v) is 4.66. The fourth-order valence-electron chi connectivity index (χ4n) is 2.81. The molecule has 1 aromatic heterocycles. The molecule has 1 heterocycles. The Balaban J connectivity index is 2.18. The van der Waals surface area contributed by atoms with E-state index < -0.39 is 6.04 Å². The molecule has 2 aromatic rings. The van der Waals surface area contributed by atoms with Gasteiger partial charge >= 0.3 is 0 Å². The van der Waals surface area contributed by atoms with Crippen LogP contribution in [0, 0.1) is 20.8 Å². The van der Waals surface area contributed by atoms with Crippen molar-refractivity contribution in [3.05, 3.63) is 52.7 Å². The number of nitrogens with one attached hydrogen (secondary N) is 2. The van der Waals surface area contributed by atoms with Crippen LogP contribution >= 0.6 is 0 Å². The zero-order chi connectivity index (χ0) is 19.3. The largest absolute Gasteiger partial charge is 0.357 e. The number of hydrogen-bond donors (Lipinski definition) is 2. The molecule has 0 radical (unpaired) electrons. The van der Waals surface area contributed by atoms with Crippen molar-refractivity contribution in [2.24, 2.45) is 0 Å². The number of carbonyl (C=O) groups is 2.